The van der Waals surface area contributed by atoms with Crippen LogP contribution < -0.4 is 0 Å². The van der Waals surface area contributed by atoms with Crippen LogP contribution >= 0.6 is 35.0 Å². The maximum absolute atomic E-state index is 13.4. The van der Waals surface area contributed by atoms with E-state index in [1.54, 1.807) is 0 Å². The van der Waals surface area contributed by atoms with Gasteiger partial charge in [-0.15, -0.1) is 11.8 Å². The lowest BCUT2D eigenvalue weighted by molar-refractivity contribution is -0.137. The Morgan fingerprint density at radius 2 is 1.82 bits per heavy atom. The SMILES string of the molecule is CSc1n[nH]c(C)c1C(c1c(Cl)cc(C(F)(F)F)cc1Cl)N1Cc2ccccc2CC1CO. The number of benzene rings is 2. The van der Waals surface area contributed by atoms with Gasteiger partial charge in [-0.05, 0) is 42.9 Å². The van der Waals surface area contributed by atoms with Gasteiger partial charge in [0.1, 0.15) is 5.03 Å². The van der Waals surface area contributed by atoms with Crippen molar-refractivity contribution in [1.82, 2.24) is 15.1 Å². The van der Waals surface area contributed by atoms with Crippen LogP contribution in [0.3, 0.4) is 0 Å². The number of halogens is 5. The van der Waals surface area contributed by atoms with Gasteiger partial charge in [-0.1, -0.05) is 47.5 Å². The van der Waals surface area contributed by atoms with Crippen LogP contribution in [-0.2, 0) is 19.1 Å². The molecule has 0 saturated carbocycles. The van der Waals surface area contributed by atoms with E-state index in [9.17, 15) is 18.3 Å². The number of H-pyrrole nitrogens is 1. The van der Waals surface area contributed by atoms with Crippen LogP contribution in [-0.4, -0.2) is 39.1 Å². The average Bonchev–Trinajstić information content (AvgIpc) is 3.14. The van der Waals surface area contributed by atoms with E-state index in [-0.39, 0.29) is 22.7 Å². The van der Waals surface area contributed by atoms with Gasteiger partial charge in [0.2, 0.25) is 0 Å². The normalized spacial score (nSPS) is 17.8. The quantitative estimate of drug-likeness (QED) is 0.393. The molecule has 0 amide bonds. The van der Waals surface area contributed by atoms with Gasteiger partial charge in [0.05, 0.1) is 18.2 Å². The highest BCUT2D eigenvalue weighted by atomic mass is 35.5. The first-order valence-electron chi connectivity index (χ1n) is 10.2. The van der Waals surface area contributed by atoms with Crippen molar-refractivity contribution in [3.05, 3.63) is 80.0 Å². The number of fused-ring (bicyclic) bond motifs is 1. The van der Waals surface area contributed by atoms with Crippen molar-refractivity contribution in [2.75, 3.05) is 12.9 Å². The molecule has 10 heteroatoms. The van der Waals surface area contributed by atoms with Gasteiger partial charge in [0.25, 0.3) is 0 Å². The number of aromatic nitrogens is 2. The van der Waals surface area contributed by atoms with Gasteiger partial charge in [-0.3, -0.25) is 10.00 Å². The van der Waals surface area contributed by atoms with Crippen LogP contribution in [0, 0.1) is 6.92 Å². The van der Waals surface area contributed by atoms with Crippen LogP contribution in [0.15, 0.2) is 41.4 Å². The highest BCUT2D eigenvalue weighted by molar-refractivity contribution is 7.98. The molecule has 0 saturated heterocycles. The number of thioether (sulfide) groups is 1. The Labute approximate surface area is 204 Å². The standard InChI is InChI=1S/C23H22Cl2F3N3OS/c1-12-19(22(33-2)30-29-12)21(20-17(24)8-15(9-18(20)25)23(26,27)28)31-10-14-6-4-3-5-13(14)7-16(31)11-32/h3-6,8-9,16,21,32H,7,10-11H2,1-2H3,(H,29,30). The van der Waals surface area contributed by atoms with Gasteiger partial charge in [-0.2, -0.15) is 18.3 Å². The average molecular weight is 516 g/mol. The molecule has 2 aromatic carbocycles. The minimum atomic E-state index is -4.57. The number of aliphatic hydroxyl groups is 1. The van der Waals surface area contributed by atoms with Crippen molar-refractivity contribution < 1.29 is 18.3 Å². The topological polar surface area (TPSA) is 52.2 Å². The van der Waals surface area contributed by atoms with Crippen LogP contribution in [0.4, 0.5) is 13.2 Å². The van der Waals surface area contributed by atoms with E-state index >= 15 is 0 Å². The van der Waals surface area contributed by atoms with Crippen LogP contribution in [0.25, 0.3) is 0 Å². The lowest BCUT2D eigenvalue weighted by Crippen LogP contribution is -2.45. The summed E-state index contributed by atoms with van der Waals surface area (Å²) in [6.07, 6.45) is -2.11. The van der Waals surface area contributed by atoms with Gasteiger partial charge in [-0.25, -0.2) is 0 Å². The smallest absolute Gasteiger partial charge is 0.395 e. The lowest BCUT2D eigenvalue weighted by Gasteiger charge is -2.42. The molecule has 2 unspecified atom stereocenters. The largest absolute Gasteiger partial charge is 0.416 e. The van der Waals surface area contributed by atoms with E-state index in [2.05, 4.69) is 15.1 Å². The predicted molar refractivity (Wildman–Crippen MR) is 125 cm³/mol. The van der Waals surface area contributed by atoms with Gasteiger partial charge in [0, 0.05) is 39.5 Å². The fraction of sp³-hybridized carbons (Fsp3) is 0.348. The van der Waals surface area contributed by atoms with Gasteiger partial charge < -0.3 is 5.11 Å². The maximum Gasteiger partial charge on any atom is 0.416 e. The zero-order valence-electron chi connectivity index (χ0n) is 17.9. The summed E-state index contributed by atoms with van der Waals surface area (Å²) in [5.41, 5.74) is 3.21. The number of nitrogens with zero attached hydrogens (tertiary/aromatic N) is 2. The number of hydrogen-bond acceptors (Lipinski definition) is 4. The Balaban J connectivity index is 1.94. The molecular formula is C23H22Cl2F3N3OS. The van der Waals surface area contributed by atoms with Crippen molar-refractivity contribution in [3.63, 3.8) is 0 Å². The van der Waals surface area contributed by atoms with E-state index in [4.69, 9.17) is 23.2 Å². The Kier molecular flexibility index (Phi) is 7.03. The summed E-state index contributed by atoms with van der Waals surface area (Å²) in [6, 6.07) is 8.86. The third kappa shape index (κ3) is 4.64. The zero-order chi connectivity index (χ0) is 23.9. The molecule has 0 fully saturated rings. The zero-order valence-corrected chi connectivity index (χ0v) is 20.2. The Morgan fingerprint density at radius 3 is 2.39 bits per heavy atom. The Bertz CT molecular complexity index is 1150. The molecular weight excluding hydrogens is 494 g/mol. The predicted octanol–water partition coefficient (Wildman–Crippen LogP) is 6.27. The van der Waals surface area contributed by atoms with E-state index in [0.717, 1.165) is 34.5 Å². The van der Waals surface area contributed by atoms with Crippen molar-refractivity contribution in [2.45, 2.75) is 43.2 Å². The van der Waals surface area contributed by atoms with E-state index in [0.29, 0.717) is 23.6 Å². The second kappa shape index (κ2) is 9.50. The van der Waals surface area contributed by atoms with Gasteiger partial charge >= 0.3 is 6.18 Å². The molecule has 176 valence electrons. The highest BCUT2D eigenvalue weighted by Crippen LogP contribution is 2.46. The molecule has 33 heavy (non-hydrogen) atoms. The van der Waals surface area contributed by atoms with Crippen LogP contribution in [0.2, 0.25) is 10.0 Å². The van der Waals surface area contributed by atoms with Crippen molar-refractivity contribution in [3.8, 4) is 0 Å². The molecule has 1 aliphatic rings. The first kappa shape index (κ1) is 24.4. The summed E-state index contributed by atoms with van der Waals surface area (Å²) in [7, 11) is 0. The first-order chi connectivity index (χ1) is 15.7. The summed E-state index contributed by atoms with van der Waals surface area (Å²) < 4.78 is 40.2. The minimum Gasteiger partial charge on any atom is -0.395 e. The molecule has 4 rings (SSSR count). The number of aromatic amines is 1. The van der Waals surface area contributed by atoms with Gasteiger partial charge in [0.15, 0.2) is 0 Å². The minimum absolute atomic E-state index is 0.0805. The molecule has 3 aromatic rings. The van der Waals surface area contributed by atoms with Crippen molar-refractivity contribution >= 4 is 35.0 Å². The fourth-order valence-electron chi connectivity index (χ4n) is 4.46. The number of aliphatic hydroxyl groups excluding tert-OH is 1. The molecule has 1 aliphatic heterocycles. The number of alkyl halides is 3. The fourth-order valence-corrected chi connectivity index (χ4v) is 5.77. The molecule has 1 aromatic heterocycles. The number of rotatable bonds is 5. The summed E-state index contributed by atoms with van der Waals surface area (Å²) in [5.74, 6) is 0. The summed E-state index contributed by atoms with van der Waals surface area (Å²) in [5, 5.41) is 18.2. The Hall–Kier alpha value is -1.71. The lowest BCUT2D eigenvalue weighted by atomic mass is 9.88. The second-order valence-corrected chi connectivity index (χ2v) is 9.62. The van der Waals surface area contributed by atoms with E-state index < -0.39 is 17.8 Å². The van der Waals surface area contributed by atoms with Crippen molar-refractivity contribution in [2.24, 2.45) is 0 Å². The molecule has 0 radical (unpaired) electrons. The summed E-state index contributed by atoms with van der Waals surface area (Å²) in [6.45, 7) is 2.19. The molecule has 4 nitrogen and oxygen atoms in total. The van der Waals surface area contributed by atoms with Crippen molar-refractivity contribution in [1.29, 1.82) is 0 Å². The number of hydrogen-bond donors (Lipinski definition) is 2. The molecule has 0 bridgehead atoms. The number of nitrogens with one attached hydrogen (secondary N) is 1. The molecule has 0 aliphatic carbocycles. The molecule has 0 spiro atoms. The molecule has 2 heterocycles. The third-order valence-corrected chi connectivity index (χ3v) is 7.37. The summed E-state index contributed by atoms with van der Waals surface area (Å²) >= 11 is 14.4. The highest BCUT2D eigenvalue weighted by Gasteiger charge is 2.39. The monoisotopic (exact) mass is 515 g/mol. The Morgan fingerprint density at radius 1 is 1.18 bits per heavy atom. The first-order valence-corrected chi connectivity index (χ1v) is 12.2. The maximum atomic E-state index is 13.4. The third-order valence-electron chi connectivity index (χ3n) is 6.04. The van der Waals surface area contributed by atoms with E-state index in [1.807, 2.05) is 37.4 Å². The van der Waals surface area contributed by atoms with Crippen LogP contribution in [0.5, 0.6) is 0 Å². The molecule has 2 N–H and O–H groups in total. The second-order valence-electron chi connectivity index (χ2n) is 8.01. The number of aryl methyl sites for hydroxylation is 1. The van der Waals surface area contributed by atoms with E-state index in [1.165, 1.54) is 11.8 Å². The summed E-state index contributed by atoms with van der Waals surface area (Å²) in [4.78, 5) is 2.06. The molecule has 2 atom stereocenters. The van der Waals surface area contributed by atoms with Crippen LogP contribution in [0.1, 0.15) is 39.6 Å².